The molecule has 4 rings (SSSR count). The molecule has 0 spiro atoms. The number of sulfonamides is 1. The number of rotatable bonds is 8. The van der Waals surface area contributed by atoms with Crippen molar-refractivity contribution in [2.24, 2.45) is 5.92 Å². The first kappa shape index (κ1) is 25.0. The molecule has 0 aliphatic heterocycles. The van der Waals surface area contributed by atoms with Crippen LogP contribution in [0.5, 0.6) is 0 Å². The molecule has 184 valence electrons. The van der Waals surface area contributed by atoms with Crippen LogP contribution < -0.4 is 10.0 Å². The van der Waals surface area contributed by atoms with Gasteiger partial charge in [-0.05, 0) is 79.1 Å². The van der Waals surface area contributed by atoms with Crippen LogP contribution in [0.25, 0.3) is 11.1 Å². The summed E-state index contributed by atoms with van der Waals surface area (Å²) < 4.78 is 41.7. The van der Waals surface area contributed by atoms with Crippen LogP contribution in [0, 0.1) is 11.7 Å². The Morgan fingerprint density at radius 1 is 1.00 bits per heavy atom. The number of carbonyl (C=O) groups excluding carboxylic acids is 1. The first-order valence-electron chi connectivity index (χ1n) is 11.9. The Bertz CT molecular complexity index is 1250. The molecule has 0 saturated heterocycles. The van der Waals surface area contributed by atoms with Crippen LogP contribution in [0.3, 0.4) is 0 Å². The Morgan fingerprint density at radius 2 is 1.69 bits per heavy atom. The van der Waals surface area contributed by atoms with E-state index in [0.717, 1.165) is 28.7 Å². The predicted octanol–water partition coefficient (Wildman–Crippen LogP) is 4.60. The number of hydrogen-bond donors (Lipinski definition) is 2. The van der Waals surface area contributed by atoms with Crippen molar-refractivity contribution in [1.29, 1.82) is 0 Å². The van der Waals surface area contributed by atoms with E-state index < -0.39 is 10.0 Å². The van der Waals surface area contributed by atoms with Crippen molar-refractivity contribution in [3.8, 4) is 11.1 Å². The summed E-state index contributed by atoms with van der Waals surface area (Å²) in [6.45, 7) is 2.42. The van der Waals surface area contributed by atoms with Crippen molar-refractivity contribution in [2.75, 3.05) is 0 Å². The summed E-state index contributed by atoms with van der Waals surface area (Å²) in [5.74, 6) is -0.508. The van der Waals surface area contributed by atoms with Crippen LogP contribution in [-0.2, 0) is 27.8 Å². The topological polar surface area (TPSA) is 88.2 Å². The van der Waals surface area contributed by atoms with Crippen molar-refractivity contribution >= 4 is 15.9 Å². The highest BCUT2D eigenvalue weighted by Crippen LogP contribution is 2.27. The van der Waals surface area contributed by atoms with Crippen molar-refractivity contribution in [3.05, 3.63) is 83.9 Å². The van der Waals surface area contributed by atoms with E-state index in [1.165, 1.54) is 12.1 Å². The lowest BCUT2D eigenvalue weighted by Crippen LogP contribution is -2.40. The SMILES string of the molecule is CCc1ccncc1-c1ccc(S(=O)(=O)NC2CCC(C(=O)NCc3ccc(F)cc3)CC2)cc1. The second-order valence-corrected chi connectivity index (χ2v) is 10.6. The molecule has 6 nitrogen and oxygen atoms in total. The monoisotopic (exact) mass is 495 g/mol. The molecule has 0 radical (unpaired) electrons. The largest absolute Gasteiger partial charge is 0.352 e. The Labute approximate surface area is 206 Å². The smallest absolute Gasteiger partial charge is 0.240 e. The maximum Gasteiger partial charge on any atom is 0.240 e. The Hall–Kier alpha value is -3.10. The fraction of sp³-hybridized carbons (Fsp3) is 0.333. The van der Waals surface area contributed by atoms with E-state index in [1.54, 1.807) is 36.7 Å². The summed E-state index contributed by atoms with van der Waals surface area (Å²) in [6.07, 6.45) is 6.85. The third-order valence-corrected chi connectivity index (χ3v) is 8.10. The number of hydrogen-bond acceptors (Lipinski definition) is 4. The Kier molecular flexibility index (Phi) is 7.93. The van der Waals surface area contributed by atoms with E-state index >= 15 is 0 Å². The normalized spacial score (nSPS) is 18.2. The molecule has 0 unspecified atom stereocenters. The summed E-state index contributed by atoms with van der Waals surface area (Å²) in [7, 11) is -3.66. The highest BCUT2D eigenvalue weighted by Gasteiger charge is 2.29. The van der Waals surface area contributed by atoms with Gasteiger partial charge in [0.15, 0.2) is 0 Å². The van der Waals surface area contributed by atoms with Crippen LogP contribution >= 0.6 is 0 Å². The number of nitrogens with zero attached hydrogens (tertiary/aromatic N) is 1. The van der Waals surface area contributed by atoms with Gasteiger partial charge in [0, 0.05) is 36.5 Å². The number of halogens is 1. The van der Waals surface area contributed by atoms with Crippen LogP contribution in [0.4, 0.5) is 4.39 Å². The zero-order chi connectivity index (χ0) is 24.8. The van der Waals surface area contributed by atoms with Crippen LogP contribution in [-0.4, -0.2) is 25.4 Å². The average Bonchev–Trinajstić information content (AvgIpc) is 2.88. The molecule has 0 bridgehead atoms. The highest BCUT2D eigenvalue weighted by molar-refractivity contribution is 7.89. The molecule has 1 aliphatic carbocycles. The van der Waals surface area contributed by atoms with Gasteiger partial charge in [-0.3, -0.25) is 9.78 Å². The summed E-state index contributed by atoms with van der Waals surface area (Å²) >= 11 is 0. The predicted molar refractivity (Wildman–Crippen MR) is 133 cm³/mol. The number of carbonyl (C=O) groups is 1. The minimum absolute atomic E-state index is 0.0481. The van der Waals surface area contributed by atoms with Gasteiger partial charge < -0.3 is 5.32 Å². The lowest BCUT2D eigenvalue weighted by Gasteiger charge is -2.28. The molecule has 0 atom stereocenters. The van der Waals surface area contributed by atoms with Crippen molar-refractivity contribution in [2.45, 2.75) is 56.5 Å². The molecular formula is C27H30FN3O3S. The van der Waals surface area contributed by atoms with Crippen molar-refractivity contribution < 1.29 is 17.6 Å². The van der Waals surface area contributed by atoms with E-state index in [4.69, 9.17) is 0 Å². The molecule has 3 aromatic rings. The average molecular weight is 496 g/mol. The summed E-state index contributed by atoms with van der Waals surface area (Å²) in [4.78, 5) is 16.9. The van der Waals surface area contributed by atoms with Crippen molar-refractivity contribution in [3.63, 3.8) is 0 Å². The number of benzene rings is 2. The molecule has 2 N–H and O–H groups in total. The minimum Gasteiger partial charge on any atom is -0.352 e. The Balaban J connectivity index is 1.30. The standard InChI is InChI=1S/C27H30FN3O3S/c1-2-20-15-16-29-18-26(20)21-7-13-25(14-8-21)35(33,34)31-24-11-5-22(6-12-24)27(32)30-17-19-3-9-23(28)10-4-19/h3-4,7-10,13-16,18,22,24,31H,2,5-6,11-12,17H2,1H3,(H,30,32). The summed E-state index contributed by atoms with van der Waals surface area (Å²) in [6, 6.07) is 14.7. The van der Waals surface area contributed by atoms with E-state index in [-0.39, 0.29) is 28.6 Å². The molecule has 1 heterocycles. The molecule has 1 saturated carbocycles. The zero-order valence-corrected chi connectivity index (χ0v) is 20.5. The highest BCUT2D eigenvalue weighted by atomic mass is 32.2. The number of amides is 1. The van der Waals surface area contributed by atoms with E-state index in [9.17, 15) is 17.6 Å². The Morgan fingerprint density at radius 3 is 2.34 bits per heavy atom. The van der Waals surface area contributed by atoms with Crippen molar-refractivity contribution in [1.82, 2.24) is 15.0 Å². The van der Waals surface area contributed by atoms with Crippen LogP contribution in [0.1, 0.15) is 43.7 Å². The number of nitrogens with one attached hydrogen (secondary N) is 2. The molecule has 1 aromatic heterocycles. The van der Waals surface area contributed by atoms with Gasteiger partial charge in [-0.1, -0.05) is 31.2 Å². The first-order chi connectivity index (χ1) is 16.9. The number of aromatic nitrogens is 1. The summed E-state index contributed by atoms with van der Waals surface area (Å²) in [5.41, 5.74) is 3.93. The molecular weight excluding hydrogens is 465 g/mol. The van der Waals surface area contributed by atoms with Gasteiger partial charge in [0.2, 0.25) is 15.9 Å². The first-order valence-corrected chi connectivity index (χ1v) is 13.4. The van der Waals surface area contributed by atoms with Crippen LogP contribution in [0.15, 0.2) is 71.9 Å². The lowest BCUT2D eigenvalue weighted by atomic mass is 9.86. The van der Waals surface area contributed by atoms with E-state index in [0.29, 0.717) is 32.2 Å². The quantitative estimate of drug-likeness (QED) is 0.478. The van der Waals surface area contributed by atoms with Gasteiger partial charge in [0.1, 0.15) is 5.82 Å². The van der Waals surface area contributed by atoms with Gasteiger partial charge in [-0.2, -0.15) is 0 Å². The number of aryl methyl sites for hydroxylation is 1. The van der Waals surface area contributed by atoms with Crippen LogP contribution in [0.2, 0.25) is 0 Å². The van der Waals surface area contributed by atoms with Gasteiger partial charge in [0.05, 0.1) is 4.90 Å². The third kappa shape index (κ3) is 6.32. The lowest BCUT2D eigenvalue weighted by molar-refractivity contribution is -0.126. The van der Waals surface area contributed by atoms with Gasteiger partial charge in [-0.25, -0.2) is 17.5 Å². The second kappa shape index (κ2) is 11.1. The van der Waals surface area contributed by atoms with E-state index in [2.05, 4.69) is 21.9 Å². The second-order valence-electron chi connectivity index (χ2n) is 8.92. The van der Waals surface area contributed by atoms with E-state index in [1.807, 2.05) is 18.2 Å². The fourth-order valence-electron chi connectivity index (χ4n) is 4.50. The minimum atomic E-state index is -3.66. The maximum atomic E-state index is 13.0. The van der Waals surface area contributed by atoms with Gasteiger partial charge in [0.25, 0.3) is 0 Å². The summed E-state index contributed by atoms with van der Waals surface area (Å²) in [5, 5.41) is 2.90. The van der Waals surface area contributed by atoms with Gasteiger partial charge in [-0.15, -0.1) is 0 Å². The molecule has 1 fully saturated rings. The third-order valence-electron chi connectivity index (χ3n) is 6.57. The molecule has 2 aromatic carbocycles. The molecule has 35 heavy (non-hydrogen) atoms. The zero-order valence-electron chi connectivity index (χ0n) is 19.7. The fourth-order valence-corrected chi connectivity index (χ4v) is 5.81. The maximum absolute atomic E-state index is 13.0. The molecule has 1 aliphatic rings. The number of pyridine rings is 1. The molecule has 8 heteroatoms. The molecule has 1 amide bonds. The van der Waals surface area contributed by atoms with Gasteiger partial charge >= 0.3 is 0 Å².